The van der Waals surface area contributed by atoms with Gasteiger partial charge in [0.25, 0.3) is 0 Å². The van der Waals surface area contributed by atoms with Crippen molar-refractivity contribution in [3.8, 4) is 17.5 Å². The standard InChI is InChI=1S/C23H19ClN4O/c1-14-10-16(15(2)28(14)21-12-18(24)8-9-22(21)29-3)11-17(13-25)23-26-19-6-4-5-7-20(19)27-23/h4-12H,1-3H3,(H,26,27). The lowest BCUT2D eigenvalue weighted by Gasteiger charge is -2.14. The van der Waals surface area contributed by atoms with Crippen LogP contribution in [0.2, 0.25) is 5.02 Å². The Labute approximate surface area is 173 Å². The van der Waals surface area contributed by atoms with Gasteiger partial charge in [-0.2, -0.15) is 5.26 Å². The van der Waals surface area contributed by atoms with Crippen molar-refractivity contribution in [2.45, 2.75) is 13.8 Å². The van der Waals surface area contributed by atoms with Crippen molar-refractivity contribution in [2.75, 3.05) is 7.11 Å². The molecule has 2 heterocycles. The van der Waals surface area contributed by atoms with Crippen LogP contribution in [0.4, 0.5) is 0 Å². The molecule has 0 aliphatic carbocycles. The van der Waals surface area contributed by atoms with Crippen LogP contribution in [0.5, 0.6) is 5.75 Å². The molecule has 1 N–H and O–H groups in total. The Kier molecular flexibility index (Phi) is 4.87. The van der Waals surface area contributed by atoms with Crippen molar-refractivity contribution in [3.05, 3.63) is 76.3 Å². The van der Waals surface area contributed by atoms with E-state index in [1.54, 1.807) is 13.2 Å². The number of nitriles is 1. The van der Waals surface area contributed by atoms with E-state index in [0.717, 1.165) is 39.4 Å². The van der Waals surface area contributed by atoms with Gasteiger partial charge < -0.3 is 14.3 Å². The van der Waals surface area contributed by atoms with Crippen LogP contribution >= 0.6 is 11.6 Å². The Morgan fingerprint density at radius 1 is 1.21 bits per heavy atom. The van der Waals surface area contributed by atoms with Gasteiger partial charge in [-0.1, -0.05) is 23.7 Å². The third-order valence-electron chi connectivity index (χ3n) is 4.92. The molecule has 29 heavy (non-hydrogen) atoms. The average Bonchev–Trinajstić information content (AvgIpc) is 3.26. The lowest BCUT2D eigenvalue weighted by Crippen LogP contribution is -2.02. The summed E-state index contributed by atoms with van der Waals surface area (Å²) in [7, 11) is 1.64. The molecule has 6 heteroatoms. The van der Waals surface area contributed by atoms with E-state index >= 15 is 0 Å². The number of fused-ring (bicyclic) bond motifs is 1. The molecule has 4 rings (SSSR count). The van der Waals surface area contributed by atoms with Gasteiger partial charge in [-0.3, -0.25) is 0 Å². The molecule has 0 aliphatic rings. The molecular weight excluding hydrogens is 384 g/mol. The number of H-pyrrole nitrogens is 1. The second kappa shape index (κ2) is 7.50. The Balaban J connectivity index is 1.83. The first-order chi connectivity index (χ1) is 14.0. The lowest BCUT2D eigenvalue weighted by molar-refractivity contribution is 0.412. The summed E-state index contributed by atoms with van der Waals surface area (Å²) in [5.74, 6) is 1.28. The molecule has 0 saturated heterocycles. The minimum Gasteiger partial charge on any atom is -0.495 e. The monoisotopic (exact) mass is 402 g/mol. The van der Waals surface area contributed by atoms with E-state index in [0.29, 0.717) is 16.4 Å². The van der Waals surface area contributed by atoms with Gasteiger partial charge in [0.1, 0.15) is 17.6 Å². The third kappa shape index (κ3) is 3.39. The van der Waals surface area contributed by atoms with Gasteiger partial charge >= 0.3 is 0 Å². The highest BCUT2D eigenvalue weighted by molar-refractivity contribution is 6.30. The maximum absolute atomic E-state index is 9.75. The molecule has 2 aromatic carbocycles. The fraction of sp³-hybridized carbons (Fsp3) is 0.130. The van der Waals surface area contributed by atoms with Crippen LogP contribution in [-0.2, 0) is 0 Å². The first-order valence-electron chi connectivity index (χ1n) is 9.11. The number of nitrogens with one attached hydrogen (secondary N) is 1. The van der Waals surface area contributed by atoms with Crippen LogP contribution in [0.25, 0.3) is 28.4 Å². The van der Waals surface area contributed by atoms with E-state index in [4.69, 9.17) is 16.3 Å². The molecule has 5 nitrogen and oxygen atoms in total. The summed E-state index contributed by atoms with van der Waals surface area (Å²) in [4.78, 5) is 7.76. The third-order valence-corrected chi connectivity index (χ3v) is 5.15. The highest BCUT2D eigenvalue weighted by Gasteiger charge is 2.15. The number of halogens is 1. The van der Waals surface area contributed by atoms with Crippen molar-refractivity contribution in [1.82, 2.24) is 14.5 Å². The summed E-state index contributed by atoms with van der Waals surface area (Å²) < 4.78 is 7.59. The topological polar surface area (TPSA) is 66.6 Å². The number of rotatable bonds is 4. The number of para-hydroxylation sites is 2. The van der Waals surface area contributed by atoms with Crippen molar-refractivity contribution < 1.29 is 4.74 Å². The van der Waals surface area contributed by atoms with Gasteiger partial charge in [-0.05, 0) is 61.9 Å². The number of ether oxygens (including phenoxy) is 1. The van der Waals surface area contributed by atoms with E-state index in [1.807, 2.05) is 62.4 Å². The molecular formula is C23H19ClN4O. The number of hydrogen-bond donors (Lipinski definition) is 1. The van der Waals surface area contributed by atoms with Crippen LogP contribution in [0.1, 0.15) is 22.8 Å². The van der Waals surface area contributed by atoms with Gasteiger partial charge in [-0.15, -0.1) is 0 Å². The van der Waals surface area contributed by atoms with Gasteiger partial charge in [0.15, 0.2) is 0 Å². The number of imidazole rings is 1. The van der Waals surface area contributed by atoms with Crippen LogP contribution < -0.4 is 4.74 Å². The van der Waals surface area contributed by atoms with Crippen molar-refractivity contribution in [2.24, 2.45) is 0 Å². The molecule has 0 saturated carbocycles. The quantitative estimate of drug-likeness (QED) is 0.445. The van der Waals surface area contributed by atoms with E-state index in [9.17, 15) is 5.26 Å². The van der Waals surface area contributed by atoms with Crippen LogP contribution in [0.15, 0.2) is 48.5 Å². The fourth-order valence-corrected chi connectivity index (χ4v) is 3.70. The van der Waals surface area contributed by atoms with Crippen molar-refractivity contribution >= 4 is 34.3 Å². The summed E-state index contributed by atoms with van der Waals surface area (Å²) in [5, 5.41) is 10.4. The van der Waals surface area contributed by atoms with Crippen LogP contribution in [0, 0.1) is 25.2 Å². The number of aromatic amines is 1. The summed E-state index contributed by atoms with van der Waals surface area (Å²) in [6, 6.07) is 17.5. The molecule has 0 atom stereocenters. The first-order valence-corrected chi connectivity index (χ1v) is 9.49. The number of benzene rings is 2. The minimum atomic E-state index is 0.472. The summed E-state index contributed by atoms with van der Waals surface area (Å²) >= 11 is 6.22. The number of nitrogens with zero attached hydrogens (tertiary/aromatic N) is 3. The highest BCUT2D eigenvalue weighted by atomic mass is 35.5. The number of hydrogen-bond acceptors (Lipinski definition) is 3. The van der Waals surface area contributed by atoms with Crippen molar-refractivity contribution in [3.63, 3.8) is 0 Å². The molecule has 0 unspecified atom stereocenters. The zero-order valence-corrected chi connectivity index (χ0v) is 17.1. The van der Waals surface area contributed by atoms with Crippen LogP contribution in [-0.4, -0.2) is 21.6 Å². The summed E-state index contributed by atoms with van der Waals surface area (Å²) in [5.41, 5.74) is 5.98. The summed E-state index contributed by atoms with van der Waals surface area (Å²) in [6.45, 7) is 4.02. The molecule has 4 aromatic rings. The van der Waals surface area contributed by atoms with E-state index in [1.165, 1.54) is 0 Å². The predicted molar refractivity (Wildman–Crippen MR) is 116 cm³/mol. The van der Waals surface area contributed by atoms with Gasteiger partial charge in [0.2, 0.25) is 0 Å². The Morgan fingerprint density at radius 2 is 2.00 bits per heavy atom. The Bertz CT molecular complexity index is 1260. The predicted octanol–water partition coefficient (Wildman–Crippen LogP) is 5.70. The number of allylic oxidation sites excluding steroid dienone is 1. The second-order valence-electron chi connectivity index (χ2n) is 6.75. The largest absolute Gasteiger partial charge is 0.495 e. The smallest absolute Gasteiger partial charge is 0.149 e. The molecule has 0 aliphatic heterocycles. The summed E-state index contributed by atoms with van der Waals surface area (Å²) in [6.07, 6.45) is 1.85. The maximum Gasteiger partial charge on any atom is 0.149 e. The maximum atomic E-state index is 9.75. The highest BCUT2D eigenvalue weighted by Crippen LogP contribution is 2.32. The van der Waals surface area contributed by atoms with Crippen LogP contribution in [0.3, 0.4) is 0 Å². The van der Waals surface area contributed by atoms with Gasteiger partial charge in [-0.25, -0.2) is 4.98 Å². The second-order valence-corrected chi connectivity index (χ2v) is 7.19. The van der Waals surface area contributed by atoms with E-state index < -0.39 is 0 Å². The Hall–Kier alpha value is -3.49. The molecule has 144 valence electrons. The molecule has 0 amide bonds. The molecule has 0 fully saturated rings. The zero-order valence-electron chi connectivity index (χ0n) is 16.3. The molecule has 2 aromatic heterocycles. The van der Waals surface area contributed by atoms with E-state index in [-0.39, 0.29) is 0 Å². The number of methoxy groups -OCH3 is 1. The molecule has 0 radical (unpaired) electrons. The van der Waals surface area contributed by atoms with E-state index in [2.05, 4.69) is 20.6 Å². The molecule has 0 bridgehead atoms. The molecule has 0 spiro atoms. The lowest BCUT2D eigenvalue weighted by atomic mass is 10.1. The fourth-order valence-electron chi connectivity index (χ4n) is 3.53. The Morgan fingerprint density at radius 3 is 2.72 bits per heavy atom. The zero-order chi connectivity index (χ0) is 20.5. The minimum absolute atomic E-state index is 0.472. The SMILES string of the molecule is COc1ccc(Cl)cc1-n1c(C)cc(C=C(C#N)c2nc3ccccc3[nH]2)c1C. The first kappa shape index (κ1) is 18.9. The van der Waals surface area contributed by atoms with Gasteiger partial charge in [0, 0.05) is 16.4 Å². The normalized spacial score (nSPS) is 11.6. The van der Waals surface area contributed by atoms with Crippen molar-refractivity contribution in [1.29, 1.82) is 5.26 Å². The number of aromatic nitrogens is 3. The van der Waals surface area contributed by atoms with Gasteiger partial charge in [0.05, 0.1) is 29.4 Å². The number of aryl methyl sites for hydroxylation is 1. The average molecular weight is 403 g/mol.